The second-order valence-corrected chi connectivity index (χ2v) is 12.7. The number of fused-ring (bicyclic) bond motifs is 6. The second kappa shape index (κ2) is 10.8. The second-order valence-electron chi connectivity index (χ2n) is 12.3. The van der Waals surface area contributed by atoms with Crippen LogP contribution in [-0.4, -0.2) is 81.5 Å². The molecule has 2 N–H and O–H groups in total. The van der Waals surface area contributed by atoms with Gasteiger partial charge >= 0.3 is 12.1 Å². The maximum absolute atomic E-state index is 16.6. The Kier molecular flexibility index (Phi) is 7.04. The minimum Gasteiger partial charge on any atom is -0.508 e. The van der Waals surface area contributed by atoms with Gasteiger partial charge in [-0.3, -0.25) is 9.88 Å². The van der Waals surface area contributed by atoms with E-state index >= 15 is 4.39 Å². The Morgan fingerprint density at radius 2 is 1.95 bits per heavy atom. The van der Waals surface area contributed by atoms with E-state index in [-0.39, 0.29) is 45.7 Å². The summed E-state index contributed by atoms with van der Waals surface area (Å²) < 4.78 is 28.4. The first kappa shape index (κ1) is 28.1. The topological polar surface area (TPSA) is 113 Å². The molecule has 7 heterocycles. The molecule has 2 aromatic heterocycles. The van der Waals surface area contributed by atoms with Crippen molar-refractivity contribution in [3.8, 4) is 23.0 Å². The van der Waals surface area contributed by atoms with Crippen molar-refractivity contribution >= 4 is 40.5 Å². The Morgan fingerprint density at radius 3 is 2.77 bits per heavy atom. The zero-order chi connectivity index (χ0) is 29.8. The number of phenolic OH excluding ortho intramolecular Hbond substituents is 1. The Balaban J connectivity index is 1.39. The maximum atomic E-state index is 16.6. The number of amides is 1. The monoisotopic (exact) mass is 608 g/mol. The standard InChI is InChI=1S/C31H34ClFN6O4/c1-30-7-3-10-38(17-30)27-22-16-34-25(21-14-19(40)15-23(32)20(21)6-2-13-42-29(41)37-30)24(33)26(22)35-28(36-27)43-18-31-8-4-11-39(31)12-5-9-31/h2,6,14-16,40H,3-5,7-13,17-18H2,1H3,(H,37,41)/t30-/m1/s1. The van der Waals surface area contributed by atoms with E-state index in [0.29, 0.717) is 36.5 Å². The lowest BCUT2D eigenvalue weighted by Gasteiger charge is -2.41. The van der Waals surface area contributed by atoms with E-state index < -0.39 is 17.4 Å². The van der Waals surface area contributed by atoms with Gasteiger partial charge in [0, 0.05) is 30.4 Å². The molecular formula is C31H34ClFN6O4. The van der Waals surface area contributed by atoms with Crippen molar-refractivity contribution in [2.75, 3.05) is 44.3 Å². The average molecular weight is 609 g/mol. The highest BCUT2D eigenvalue weighted by Crippen LogP contribution is 2.41. The van der Waals surface area contributed by atoms with Crippen LogP contribution in [0.5, 0.6) is 11.8 Å². The summed E-state index contributed by atoms with van der Waals surface area (Å²) in [5, 5.41) is 14.0. The number of carbonyl (C=O) groups is 1. The van der Waals surface area contributed by atoms with Gasteiger partial charge in [0.1, 0.15) is 36.0 Å². The number of phenols is 1. The summed E-state index contributed by atoms with van der Waals surface area (Å²) in [5.41, 5.74) is 0.0884. The van der Waals surface area contributed by atoms with E-state index in [0.717, 1.165) is 51.6 Å². The van der Waals surface area contributed by atoms with E-state index in [4.69, 9.17) is 26.1 Å². The number of halogens is 2. The van der Waals surface area contributed by atoms with Crippen LogP contribution in [0.1, 0.15) is 51.0 Å². The third-order valence-electron chi connectivity index (χ3n) is 9.29. The molecule has 0 spiro atoms. The predicted molar refractivity (Wildman–Crippen MR) is 161 cm³/mol. The normalized spacial score (nSPS) is 23.3. The predicted octanol–water partition coefficient (Wildman–Crippen LogP) is 5.31. The van der Waals surface area contributed by atoms with Crippen LogP contribution < -0.4 is 15.0 Å². The van der Waals surface area contributed by atoms with E-state index in [1.54, 1.807) is 18.3 Å². The van der Waals surface area contributed by atoms with Crippen molar-refractivity contribution in [3.63, 3.8) is 0 Å². The first-order valence-corrected chi connectivity index (χ1v) is 15.2. The van der Waals surface area contributed by atoms with Gasteiger partial charge in [-0.25, -0.2) is 9.18 Å². The number of pyridine rings is 1. The number of piperidine rings is 1. The van der Waals surface area contributed by atoms with Crippen LogP contribution >= 0.6 is 11.6 Å². The zero-order valence-electron chi connectivity index (χ0n) is 24.0. The van der Waals surface area contributed by atoms with Crippen LogP contribution in [0.2, 0.25) is 5.02 Å². The summed E-state index contributed by atoms with van der Waals surface area (Å²) >= 11 is 6.50. The number of benzene rings is 1. The van der Waals surface area contributed by atoms with Crippen LogP contribution in [0.25, 0.3) is 28.2 Å². The van der Waals surface area contributed by atoms with Crippen molar-refractivity contribution in [2.45, 2.75) is 56.5 Å². The molecule has 1 atom stereocenters. The summed E-state index contributed by atoms with van der Waals surface area (Å²) in [5.74, 6) is -0.312. The molecule has 12 heteroatoms. The molecule has 3 aromatic rings. The fraction of sp³-hybridized carbons (Fsp3) is 0.484. The minimum atomic E-state index is -0.666. The molecule has 0 radical (unpaired) electrons. The Bertz CT molecular complexity index is 1630. The molecule has 5 aliphatic rings. The molecule has 6 bridgehead atoms. The van der Waals surface area contributed by atoms with Gasteiger partial charge < -0.3 is 24.8 Å². The largest absolute Gasteiger partial charge is 0.508 e. The molecule has 10 nitrogen and oxygen atoms in total. The van der Waals surface area contributed by atoms with Gasteiger partial charge in [0.05, 0.1) is 21.5 Å². The van der Waals surface area contributed by atoms with Crippen molar-refractivity contribution in [2.24, 2.45) is 0 Å². The van der Waals surface area contributed by atoms with Gasteiger partial charge in [0.15, 0.2) is 5.82 Å². The third-order valence-corrected chi connectivity index (χ3v) is 9.60. The smallest absolute Gasteiger partial charge is 0.407 e. The molecule has 0 aliphatic carbocycles. The molecule has 43 heavy (non-hydrogen) atoms. The zero-order valence-corrected chi connectivity index (χ0v) is 24.8. The Hall–Kier alpha value is -3.70. The number of carbonyl (C=O) groups excluding carboxylic acids is 1. The van der Waals surface area contributed by atoms with Crippen LogP contribution in [0.4, 0.5) is 15.0 Å². The number of aromatic nitrogens is 3. The Labute approximate surface area is 253 Å². The van der Waals surface area contributed by atoms with E-state index in [1.807, 2.05) is 11.8 Å². The van der Waals surface area contributed by atoms with E-state index in [1.165, 1.54) is 12.1 Å². The number of hydrogen-bond acceptors (Lipinski definition) is 9. The first-order valence-electron chi connectivity index (χ1n) is 14.9. The summed E-state index contributed by atoms with van der Waals surface area (Å²) in [4.78, 5) is 31.2. The maximum Gasteiger partial charge on any atom is 0.407 e. The number of alkyl carbamates (subject to hydrolysis) is 1. The van der Waals surface area contributed by atoms with E-state index in [9.17, 15) is 9.90 Å². The lowest BCUT2D eigenvalue weighted by atomic mass is 9.91. The number of hydrogen-bond donors (Lipinski definition) is 2. The van der Waals surface area contributed by atoms with Gasteiger partial charge in [-0.1, -0.05) is 17.7 Å². The van der Waals surface area contributed by atoms with Gasteiger partial charge in [0.25, 0.3) is 0 Å². The molecule has 5 aliphatic heterocycles. The van der Waals surface area contributed by atoms with Gasteiger partial charge in [0.2, 0.25) is 0 Å². The Morgan fingerprint density at radius 1 is 1.16 bits per heavy atom. The van der Waals surface area contributed by atoms with Crippen LogP contribution in [0, 0.1) is 5.82 Å². The number of anilines is 1. The van der Waals surface area contributed by atoms with Gasteiger partial charge in [-0.05, 0) is 76.7 Å². The van der Waals surface area contributed by atoms with Crippen LogP contribution in [0.15, 0.2) is 24.4 Å². The molecule has 3 fully saturated rings. The highest BCUT2D eigenvalue weighted by Gasteiger charge is 2.45. The molecular weight excluding hydrogens is 575 g/mol. The van der Waals surface area contributed by atoms with Crippen molar-refractivity contribution in [3.05, 3.63) is 40.8 Å². The summed E-state index contributed by atoms with van der Waals surface area (Å²) in [6, 6.07) is 2.87. The molecule has 8 rings (SSSR count). The highest BCUT2D eigenvalue weighted by atomic mass is 35.5. The molecule has 1 amide bonds. The fourth-order valence-electron chi connectivity index (χ4n) is 7.24. The number of ether oxygens (including phenoxy) is 2. The molecule has 0 saturated carbocycles. The lowest BCUT2D eigenvalue weighted by molar-refractivity contribution is 0.108. The minimum absolute atomic E-state index is 0.0221. The fourth-order valence-corrected chi connectivity index (χ4v) is 7.51. The summed E-state index contributed by atoms with van der Waals surface area (Å²) in [6.07, 6.45) is 10.1. The van der Waals surface area contributed by atoms with Crippen LogP contribution in [0.3, 0.4) is 0 Å². The average Bonchev–Trinajstić information content (AvgIpc) is 3.55. The SMILES string of the molecule is C[C@@]12CCCN(C1)c1nc(OCC34CCCN3CCC4)nc3c(F)c(ncc13)-c1cc(O)cc(Cl)c1C=CCOC(=O)N2. The van der Waals surface area contributed by atoms with Crippen LogP contribution in [-0.2, 0) is 4.74 Å². The van der Waals surface area contributed by atoms with Crippen molar-refractivity contribution < 1.29 is 23.8 Å². The number of rotatable bonds is 3. The summed E-state index contributed by atoms with van der Waals surface area (Å²) in [7, 11) is 0. The van der Waals surface area contributed by atoms with E-state index in [2.05, 4.69) is 20.2 Å². The summed E-state index contributed by atoms with van der Waals surface area (Å²) in [6.45, 7) is 5.56. The molecule has 1 aromatic carbocycles. The van der Waals surface area contributed by atoms with Crippen molar-refractivity contribution in [1.82, 2.24) is 25.2 Å². The third kappa shape index (κ3) is 5.12. The molecule has 0 unspecified atom stereocenters. The quantitative estimate of drug-likeness (QED) is 0.408. The number of nitrogens with zero attached hydrogens (tertiary/aromatic N) is 5. The number of aromatic hydroxyl groups is 1. The van der Waals surface area contributed by atoms with Crippen molar-refractivity contribution in [1.29, 1.82) is 0 Å². The van der Waals surface area contributed by atoms with Gasteiger partial charge in [-0.15, -0.1) is 0 Å². The molecule has 3 saturated heterocycles. The van der Waals surface area contributed by atoms with Gasteiger partial charge in [-0.2, -0.15) is 9.97 Å². The molecule has 226 valence electrons. The number of nitrogens with one attached hydrogen (secondary N) is 1. The first-order chi connectivity index (χ1) is 20.7. The lowest BCUT2D eigenvalue weighted by Crippen LogP contribution is -2.57. The highest BCUT2D eigenvalue weighted by molar-refractivity contribution is 6.32.